The molecule has 6 nitrogen and oxygen atoms in total. The highest BCUT2D eigenvalue weighted by molar-refractivity contribution is 7.16. The highest BCUT2D eigenvalue weighted by Crippen LogP contribution is 2.39. The monoisotopic (exact) mass is 667 g/mol. The molecule has 2 aromatic carbocycles. The van der Waals surface area contributed by atoms with E-state index in [0.717, 1.165) is 78.4 Å². The molecule has 2 heterocycles. The van der Waals surface area contributed by atoms with Crippen LogP contribution < -0.4 is 20.9 Å². The average Bonchev–Trinajstić information content (AvgIpc) is 3.49. The SMILES string of the molecule is CCC/C=c1\c(C)c(O)n(C(C)C(=O)c2ccccc2)c(=O)\c1=C/c1sc(N(CCCC)CCCC)nc1-c1c(C)cccc1C(C)C. The number of aryl methyl sites for hydroxylation is 1. The number of benzene rings is 2. The predicted octanol–water partition coefficient (Wildman–Crippen LogP) is 8.68. The maximum absolute atomic E-state index is 14.6. The standard InChI is InChI=1S/C41H53N3O3S/c1-9-12-22-33-29(7)39(46)44(30(8)38(45)31-20-16-15-17-21-31)40(47)34(33)26-35-37(36-28(6)19-18-23-32(36)27(4)5)42-41(48-35)43(24-13-10-2)25-14-11-3/h15-23,26-27,30,46H,9-14,24-25H2,1-8H3/b33-22+,34-26-. The van der Waals surface area contributed by atoms with Gasteiger partial charge in [-0.15, -0.1) is 0 Å². The highest BCUT2D eigenvalue weighted by atomic mass is 32.1. The number of Topliss-reactive ketones (excluding diaryl/α,β-unsaturated/α-hetero) is 1. The van der Waals surface area contributed by atoms with Crippen LogP contribution in [-0.2, 0) is 0 Å². The smallest absolute Gasteiger partial charge is 0.261 e. The van der Waals surface area contributed by atoms with Crippen molar-refractivity contribution in [3.05, 3.63) is 96.5 Å². The van der Waals surface area contributed by atoms with Crippen LogP contribution in [0.2, 0.25) is 0 Å². The molecule has 0 aliphatic rings. The van der Waals surface area contributed by atoms with Crippen molar-refractivity contribution >= 4 is 34.4 Å². The lowest BCUT2D eigenvalue weighted by atomic mass is 9.91. The number of unbranched alkanes of at least 4 members (excludes halogenated alkanes) is 3. The zero-order valence-electron chi connectivity index (χ0n) is 30.1. The molecule has 2 aromatic heterocycles. The van der Waals surface area contributed by atoms with Gasteiger partial charge in [-0.1, -0.05) is 120 Å². The second-order valence-corrected chi connectivity index (χ2v) is 14.1. The molecular weight excluding hydrogens is 615 g/mol. The van der Waals surface area contributed by atoms with Crippen molar-refractivity contribution in [3.8, 4) is 17.1 Å². The van der Waals surface area contributed by atoms with Gasteiger partial charge in [0.15, 0.2) is 16.8 Å². The summed E-state index contributed by atoms with van der Waals surface area (Å²) in [5, 5.41) is 13.6. The minimum Gasteiger partial charge on any atom is -0.494 e. The summed E-state index contributed by atoms with van der Waals surface area (Å²) >= 11 is 1.62. The van der Waals surface area contributed by atoms with Gasteiger partial charge in [0, 0.05) is 35.0 Å². The number of ketones is 1. The van der Waals surface area contributed by atoms with Crippen LogP contribution in [0.15, 0.2) is 53.3 Å². The van der Waals surface area contributed by atoms with E-state index in [0.29, 0.717) is 21.6 Å². The van der Waals surface area contributed by atoms with E-state index >= 15 is 0 Å². The van der Waals surface area contributed by atoms with Crippen molar-refractivity contribution in [2.45, 2.75) is 106 Å². The number of pyridine rings is 1. The second kappa shape index (κ2) is 16.9. The Hall–Kier alpha value is -3.97. The first kappa shape index (κ1) is 36.9. The lowest BCUT2D eigenvalue weighted by Gasteiger charge is -2.21. The van der Waals surface area contributed by atoms with Crippen molar-refractivity contribution in [3.63, 3.8) is 0 Å². The quantitative estimate of drug-likeness (QED) is 0.128. The number of aromatic hydroxyl groups is 1. The number of anilines is 1. The average molecular weight is 668 g/mol. The van der Waals surface area contributed by atoms with E-state index < -0.39 is 6.04 Å². The number of hydrogen-bond donors (Lipinski definition) is 1. The van der Waals surface area contributed by atoms with Gasteiger partial charge in [-0.3, -0.25) is 14.2 Å². The van der Waals surface area contributed by atoms with Gasteiger partial charge >= 0.3 is 0 Å². The number of carbonyl (C=O) groups is 1. The molecule has 1 atom stereocenters. The largest absolute Gasteiger partial charge is 0.494 e. The second-order valence-electron chi connectivity index (χ2n) is 13.1. The lowest BCUT2D eigenvalue weighted by molar-refractivity contribution is 0.0926. The predicted molar refractivity (Wildman–Crippen MR) is 203 cm³/mol. The molecule has 1 N–H and O–H groups in total. The Morgan fingerprint density at radius 1 is 0.938 bits per heavy atom. The Bertz CT molecular complexity index is 1880. The normalized spacial score (nSPS) is 13.0. The minimum absolute atomic E-state index is 0.173. The van der Waals surface area contributed by atoms with Crippen LogP contribution in [0.4, 0.5) is 5.13 Å². The molecule has 0 amide bonds. The molecule has 4 aromatic rings. The summed E-state index contributed by atoms with van der Waals surface area (Å²) in [7, 11) is 0. The van der Waals surface area contributed by atoms with Crippen molar-refractivity contribution in [2.24, 2.45) is 0 Å². The zero-order valence-corrected chi connectivity index (χ0v) is 30.9. The molecule has 256 valence electrons. The summed E-state index contributed by atoms with van der Waals surface area (Å²) in [6.07, 6.45) is 10.00. The van der Waals surface area contributed by atoms with Gasteiger partial charge in [0.2, 0.25) is 0 Å². The Balaban J connectivity index is 2.09. The van der Waals surface area contributed by atoms with Gasteiger partial charge < -0.3 is 10.0 Å². The van der Waals surface area contributed by atoms with Crippen molar-refractivity contribution in [1.29, 1.82) is 0 Å². The van der Waals surface area contributed by atoms with Gasteiger partial charge in [0.1, 0.15) is 6.04 Å². The summed E-state index contributed by atoms with van der Waals surface area (Å²) in [4.78, 5) is 36.9. The lowest BCUT2D eigenvalue weighted by Crippen LogP contribution is -2.48. The summed E-state index contributed by atoms with van der Waals surface area (Å²) < 4.78 is 1.27. The topological polar surface area (TPSA) is 75.4 Å². The number of nitrogens with zero attached hydrogens (tertiary/aromatic N) is 3. The van der Waals surface area contributed by atoms with E-state index in [1.165, 1.54) is 10.1 Å². The third-order valence-corrected chi connectivity index (χ3v) is 10.1. The summed E-state index contributed by atoms with van der Waals surface area (Å²) in [6.45, 7) is 18.4. The van der Waals surface area contributed by atoms with Gasteiger partial charge in [0.25, 0.3) is 5.56 Å². The van der Waals surface area contributed by atoms with Crippen LogP contribution in [0, 0.1) is 13.8 Å². The molecule has 0 bridgehead atoms. The Labute approximate surface area is 290 Å². The molecule has 0 saturated carbocycles. The van der Waals surface area contributed by atoms with Crippen LogP contribution in [0.25, 0.3) is 23.4 Å². The van der Waals surface area contributed by atoms with E-state index in [4.69, 9.17) is 4.98 Å². The molecule has 0 aliphatic carbocycles. The van der Waals surface area contributed by atoms with E-state index in [1.807, 2.05) is 25.1 Å². The number of hydrogen-bond acceptors (Lipinski definition) is 6. The van der Waals surface area contributed by atoms with Crippen LogP contribution in [0.1, 0.15) is 124 Å². The van der Waals surface area contributed by atoms with Crippen molar-refractivity contribution < 1.29 is 9.90 Å². The number of aromatic nitrogens is 2. The summed E-state index contributed by atoms with van der Waals surface area (Å²) in [5.41, 5.74) is 5.03. The van der Waals surface area contributed by atoms with Crippen LogP contribution >= 0.6 is 11.3 Å². The van der Waals surface area contributed by atoms with E-state index in [2.05, 4.69) is 64.6 Å². The van der Waals surface area contributed by atoms with Crippen molar-refractivity contribution in [2.75, 3.05) is 18.0 Å². The molecule has 1 unspecified atom stereocenters. The molecule has 4 rings (SSSR count). The molecular formula is C41H53N3O3S. The fourth-order valence-electron chi connectivity index (χ4n) is 6.22. The van der Waals surface area contributed by atoms with Gasteiger partial charge in [-0.05, 0) is 68.4 Å². The third kappa shape index (κ3) is 8.00. The fraction of sp³-hybridized carbons (Fsp3) is 0.439. The van der Waals surface area contributed by atoms with Crippen LogP contribution in [0.5, 0.6) is 5.88 Å². The number of carbonyl (C=O) groups excluding carboxylic acids is 1. The molecule has 0 fully saturated rings. The van der Waals surface area contributed by atoms with E-state index in [-0.39, 0.29) is 23.1 Å². The van der Waals surface area contributed by atoms with Crippen LogP contribution in [-0.4, -0.2) is 33.5 Å². The Morgan fingerprint density at radius 2 is 1.60 bits per heavy atom. The first-order valence-electron chi connectivity index (χ1n) is 17.7. The Morgan fingerprint density at radius 3 is 2.21 bits per heavy atom. The van der Waals surface area contributed by atoms with Gasteiger partial charge in [-0.25, -0.2) is 4.98 Å². The third-order valence-electron chi connectivity index (χ3n) is 9.08. The van der Waals surface area contributed by atoms with Crippen molar-refractivity contribution in [1.82, 2.24) is 9.55 Å². The number of thiazole rings is 1. The molecule has 0 spiro atoms. The summed E-state index contributed by atoms with van der Waals surface area (Å²) in [6, 6.07) is 14.5. The van der Waals surface area contributed by atoms with Gasteiger partial charge in [0.05, 0.1) is 10.6 Å². The zero-order chi connectivity index (χ0) is 35.0. The Kier molecular flexibility index (Phi) is 13.0. The maximum Gasteiger partial charge on any atom is 0.261 e. The summed E-state index contributed by atoms with van der Waals surface area (Å²) in [5.74, 6) is -0.123. The first-order valence-corrected chi connectivity index (χ1v) is 18.5. The molecule has 0 radical (unpaired) electrons. The van der Waals surface area contributed by atoms with Crippen LogP contribution in [0.3, 0.4) is 0 Å². The minimum atomic E-state index is -0.898. The molecule has 0 aliphatic heterocycles. The molecule has 0 saturated heterocycles. The first-order chi connectivity index (χ1) is 23.0. The number of rotatable bonds is 15. The van der Waals surface area contributed by atoms with E-state index in [9.17, 15) is 14.7 Å². The molecule has 7 heteroatoms. The maximum atomic E-state index is 14.6. The highest BCUT2D eigenvalue weighted by Gasteiger charge is 2.25. The molecule has 48 heavy (non-hydrogen) atoms. The van der Waals surface area contributed by atoms with E-state index in [1.54, 1.807) is 42.5 Å². The fourth-order valence-corrected chi connectivity index (χ4v) is 7.28. The van der Waals surface area contributed by atoms with Gasteiger partial charge in [-0.2, -0.15) is 0 Å².